The molecule has 3 heterocycles. The molecule has 4 aromatic rings. The van der Waals surface area contributed by atoms with Crippen LogP contribution >= 0.6 is 11.6 Å². The molecule has 1 saturated heterocycles. The fraction of sp³-hybridized carbons (Fsp3) is 0.406. The Bertz CT molecular complexity index is 1740. The topological polar surface area (TPSA) is 123 Å². The zero-order chi connectivity index (χ0) is 32.8. The molecule has 10 nitrogen and oxygen atoms in total. The molecule has 0 radical (unpaired) electrons. The number of carboxylic acids is 1. The first-order valence-electron chi connectivity index (χ1n) is 14.9. The molecular formula is C32H32ClF3N4O6. The number of rotatable bonds is 10. The highest BCUT2D eigenvalue weighted by molar-refractivity contribution is 6.31. The second-order valence-corrected chi connectivity index (χ2v) is 12.3. The number of halogens is 4. The molecule has 6 rings (SSSR count). The number of para-hydroxylation sites is 1. The van der Waals surface area contributed by atoms with Gasteiger partial charge in [0.05, 0.1) is 16.2 Å². The minimum absolute atomic E-state index is 0.0374. The Morgan fingerprint density at radius 3 is 2.50 bits per heavy atom. The number of benzene rings is 2. The Labute approximate surface area is 267 Å². The van der Waals surface area contributed by atoms with Gasteiger partial charge in [-0.2, -0.15) is 5.10 Å². The molecule has 2 aromatic carbocycles. The molecule has 0 amide bonds. The van der Waals surface area contributed by atoms with E-state index in [-0.39, 0.29) is 35.5 Å². The summed E-state index contributed by atoms with van der Waals surface area (Å²) >= 11 is 6.69. The molecule has 1 aliphatic carbocycles. The molecule has 0 atom stereocenters. The highest BCUT2D eigenvalue weighted by atomic mass is 35.5. The number of carbonyl (C=O) groups is 1. The van der Waals surface area contributed by atoms with Crippen LogP contribution in [0.25, 0.3) is 11.3 Å². The second-order valence-electron chi connectivity index (χ2n) is 11.9. The summed E-state index contributed by atoms with van der Waals surface area (Å²) in [5.74, 6) is 0.245. The van der Waals surface area contributed by atoms with Crippen LogP contribution in [-0.2, 0) is 12.2 Å². The van der Waals surface area contributed by atoms with E-state index < -0.39 is 23.7 Å². The normalized spacial score (nSPS) is 16.6. The first-order chi connectivity index (χ1) is 21.8. The fourth-order valence-corrected chi connectivity index (χ4v) is 6.16. The van der Waals surface area contributed by atoms with E-state index in [1.54, 1.807) is 35.0 Å². The van der Waals surface area contributed by atoms with E-state index in [0.29, 0.717) is 59.4 Å². The van der Waals surface area contributed by atoms with Gasteiger partial charge in [-0.15, -0.1) is 13.2 Å². The molecule has 2 fully saturated rings. The van der Waals surface area contributed by atoms with Gasteiger partial charge in [0.2, 0.25) is 0 Å². The zero-order valence-electron chi connectivity index (χ0n) is 25.1. The van der Waals surface area contributed by atoms with Gasteiger partial charge in [-0.3, -0.25) is 0 Å². The van der Waals surface area contributed by atoms with Gasteiger partial charge in [0.1, 0.15) is 35.4 Å². The number of aliphatic hydroxyl groups is 1. The molecule has 1 aliphatic heterocycles. The number of aromatic carboxylic acids is 1. The summed E-state index contributed by atoms with van der Waals surface area (Å²) in [5.41, 5.74) is 0.134. The summed E-state index contributed by atoms with van der Waals surface area (Å²) < 4.78 is 56.9. The Morgan fingerprint density at radius 2 is 1.87 bits per heavy atom. The maximum atomic E-state index is 13.1. The van der Waals surface area contributed by atoms with Gasteiger partial charge in [0.25, 0.3) is 0 Å². The summed E-state index contributed by atoms with van der Waals surface area (Å²) in [6.07, 6.45) is -2.45. The largest absolute Gasteiger partial charge is 0.573 e. The van der Waals surface area contributed by atoms with Gasteiger partial charge in [-0.1, -0.05) is 35.0 Å². The first kappa shape index (κ1) is 31.7. The second kappa shape index (κ2) is 12.2. The first-order valence-corrected chi connectivity index (χ1v) is 15.3. The number of aromatic nitrogens is 3. The van der Waals surface area contributed by atoms with E-state index >= 15 is 0 Å². The van der Waals surface area contributed by atoms with Gasteiger partial charge >= 0.3 is 12.3 Å². The minimum Gasteiger partial charge on any atom is -0.489 e. The van der Waals surface area contributed by atoms with Crippen LogP contribution in [0.4, 0.5) is 19.0 Å². The van der Waals surface area contributed by atoms with Crippen molar-refractivity contribution < 1.29 is 42.2 Å². The number of anilines is 1. The van der Waals surface area contributed by atoms with Crippen molar-refractivity contribution in [1.29, 1.82) is 0 Å². The molecule has 1 saturated carbocycles. The van der Waals surface area contributed by atoms with Crippen LogP contribution in [0.15, 0.2) is 53.1 Å². The summed E-state index contributed by atoms with van der Waals surface area (Å²) in [6, 6.07) is 12.2. The van der Waals surface area contributed by atoms with Crippen LogP contribution in [-0.4, -0.2) is 50.6 Å². The van der Waals surface area contributed by atoms with E-state index in [0.717, 1.165) is 12.8 Å². The lowest BCUT2D eigenvalue weighted by Crippen LogP contribution is -2.43. The lowest BCUT2D eigenvalue weighted by Gasteiger charge is -2.40. The quantitative estimate of drug-likeness (QED) is 0.180. The third kappa shape index (κ3) is 6.52. The molecule has 244 valence electrons. The van der Waals surface area contributed by atoms with Crippen molar-refractivity contribution >= 4 is 23.4 Å². The molecule has 2 N–H and O–H groups in total. The number of alkyl halides is 3. The van der Waals surface area contributed by atoms with Crippen LogP contribution in [0, 0.1) is 0 Å². The standard InChI is InChI=1S/C32H32ClF3N4O6/c1-18(2)40-27(16-25(37-40)30(41)42)39-13-11-31(43,12-14-39)23-10-9-20(15-24(23)33)44-17-22-28(38-46-29(22)19-7-8-19)21-5-3-4-6-26(21)45-32(34,35)36/h3-6,9-10,15-16,18-19,43H,7-8,11-14,17H2,1-2H3,(H,41,42). The minimum atomic E-state index is -4.88. The van der Waals surface area contributed by atoms with Crippen molar-refractivity contribution in [3.8, 4) is 22.8 Å². The van der Waals surface area contributed by atoms with Crippen LogP contribution in [0.1, 0.15) is 78.9 Å². The van der Waals surface area contributed by atoms with E-state index in [1.165, 1.54) is 18.2 Å². The molecule has 0 unspecified atom stereocenters. The number of hydrogen-bond acceptors (Lipinski definition) is 8. The van der Waals surface area contributed by atoms with E-state index in [2.05, 4.69) is 15.0 Å². The number of nitrogens with zero attached hydrogens (tertiary/aromatic N) is 4. The van der Waals surface area contributed by atoms with Crippen LogP contribution in [0.2, 0.25) is 5.02 Å². The third-order valence-corrected chi connectivity index (χ3v) is 8.61. The van der Waals surface area contributed by atoms with Crippen LogP contribution in [0.5, 0.6) is 11.5 Å². The third-order valence-electron chi connectivity index (χ3n) is 8.30. The van der Waals surface area contributed by atoms with Gasteiger partial charge in [-0.05, 0) is 63.8 Å². The highest BCUT2D eigenvalue weighted by Crippen LogP contribution is 2.46. The van der Waals surface area contributed by atoms with Gasteiger partial charge < -0.3 is 29.1 Å². The number of hydrogen-bond donors (Lipinski definition) is 2. The average molecular weight is 661 g/mol. The SMILES string of the molecule is CC(C)n1nc(C(=O)O)cc1N1CCC(O)(c2ccc(OCc3c(-c4ccccc4OC(F)(F)F)noc3C3CC3)cc2Cl)CC1. The molecule has 14 heteroatoms. The zero-order valence-corrected chi connectivity index (χ0v) is 25.8. The van der Waals surface area contributed by atoms with Crippen molar-refractivity contribution in [2.45, 2.75) is 70.1 Å². The fourth-order valence-electron chi connectivity index (χ4n) is 5.81. The molecule has 2 aromatic heterocycles. The van der Waals surface area contributed by atoms with Gasteiger partial charge in [-0.25, -0.2) is 9.48 Å². The molecular weight excluding hydrogens is 629 g/mol. The summed E-state index contributed by atoms with van der Waals surface area (Å²) in [4.78, 5) is 13.5. The van der Waals surface area contributed by atoms with E-state index in [9.17, 15) is 28.2 Å². The van der Waals surface area contributed by atoms with Crippen molar-refractivity contribution in [3.05, 3.63) is 76.1 Å². The summed E-state index contributed by atoms with van der Waals surface area (Å²) in [5, 5.41) is 29.7. The number of ether oxygens (including phenoxy) is 2. The smallest absolute Gasteiger partial charge is 0.489 e. The monoisotopic (exact) mass is 660 g/mol. The Kier molecular flexibility index (Phi) is 8.40. The Morgan fingerprint density at radius 1 is 1.15 bits per heavy atom. The Hall–Kier alpha value is -4.23. The summed E-state index contributed by atoms with van der Waals surface area (Å²) in [7, 11) is 0. The number of carboxylic acid groups (broad SMARTS) is 1. The lowest BCUT2D eigenvalue weighted by atomic mass is 9.84. The maximum absolute atomic E-state index is 13.1. The van der Waals surface area contributed by atoms with Crippen molar-refractivity contribution in [1.82, 2.24) is 14.9 Å². The van der Waals surface area contributed by atoms with Crippen molar-refractivity contribution in [3.63, 3.8) is 0 Å². The van der Waals surface area contributed by atoms with Crippen molar-refractivity contribution in [2.75, 3.05) is 18.0 Å². The highest BCUT2D eigenvalue weighted by Gasteiger charge is 2.38. The van der Waals surface area contributed by atoms with Crippen molar-refractivity contribution in [2.24, 2.45) is 0 Å². The average Bonchev–Trinajstić information content (AvgIpc) is 3.58. The van der Waals surface area contributed by atoms with Crippen LogP contribution < -0.4 is 14.4 Å². The van der Waals surface area contributed by atoms with E-state index in [1.807, 2.05) is 18.7 Å². The van der Waals surface area contributed by atoms with E-state index in [4.69, 9.17) is 20.9 Å². The summed E-state index contributed by atoms with van der Waals surface area (Å²) in [6.45, 7) is 4.69. The van der Waals surface area contributed by atoms with Crippen LogP contribution in [0.3, 0.4) is 0 Å². The number of piperidine rings is 1. The van der Waals surface area contributed by atoms with Gasteiger partial charge in [0.15, 0.2) is 5.69 Å². The molecule has 2 aliphatic rings. The Balaban J connectivity index is 1.18. The predicted molar refractivity (Wildman–Crippen MR) is 161 cm³/mol. The molecule has 46 heavy (non-hydrogen) atoms. The molecule has 0 spiro atoms. The molecule has 0 bridgehead atoms. The predicted octanol–water partition coefficient (Wildman–Crippen LogP) is 7.31. The maximum Gasteiger partial charge on any atom is 0.573 e. The van der Waals surface area contributed by atoms with Gasteiger partial charge in [0, 0.05) is 42.2 Å². The lowest BCUT2D eigenvalue weighted by molar-refractivity contribution is -0.274.